The van der Waals surface area contributed by atoms with Gasteiger partial charge in [0.1, 0.15) is 5.75 Å². The average Bonchev–Trinajstić information content (AvgIpc) is 2.18. The highest BCUT2D eigenvalue weighted by atomic mass is 16.5. The van der Waals surface area contributed by atoms with Gasteiger partial charge >= 0.3 is 0 Å². The summed E-state index contributed by atoms with van der Waals surface area (Å²) in [6.07, 6.45) is 1.96. The summed E-state index contributed by atoms with van der Waals surface area (Å²) in [5, 5.41) is 3.23. The first-order chi connectivity index (χ1) is 6.31. The highest BCUT2D eigenvalue weighted by molar-refractivity contribution is 5.78. The molecule has 0 unspecified atom stereocenters. The summed E-state index contributed by atoms with van der Waals surface area (Å²) in [6.45, 7) is 0.797. The smallest absolute Gasteiger partial charge is 0.119 e. The molecule has 1 aliphatic rings. The van der Waals surface area contributed by atoms with Crippen molar-refractivity contribution in [1.82, 2.24) is 0 Å². The Bertz CT molecular complexity index is 358. The Hall–Kier alpha value is -1.64. The van der Waals surface area contributed by atoms with Gasteiger partial charge in [-0.15, -0.1) is 0 Å². The summed E-state index contributed by atoms with van der Waals surface area (Å²) in [5.74, 6) is 0.832. The molecule has 3 N–H and O–H groups in total. The van der Waals surface area contributed by atoms with Crippen LogP contribution in [0.15, 0.2) is 24.3 Å². The highest BCUT2D eigenvalue weighted by Crippen LogP contribution is 2.28. The zero-order valence-electron chi connectivity index (χ0n) is 7.50. The van der Waals surface area contributed by atoms with E-state index >= 15 is 0 Å². The molecule has 0 saturated heterocycles. The van der Waals surface area contributed by atoms with E-state index in [-0.39, 0.29) is 0 Å². The molecule has 3 nitrogen and oxygen atoms in total. The monoisotopic (exact) mass is 176 g/mol. The number of anilines is 1. The van der Waals surface area contributed by atoms with Crippen LogP contribution in [0.2, 0.25) is 0 Å². The maximum Gasteiger partial charge on any atom is 0.119 e. The van der Waals surface area contributed by atoms with Crippen LogP contribution in [0.5, 0.6) is 5.75 Å². The lowest BCUT2D eigenvalue weighted by Gasteiger charge is -2.17. The molecule has 0 aromatic heterocycles. The van der Waals surface area contributed by atoms with Crippen LogP contribution in [0.3, 0.4) is 0 Å². The third-order valence-electron chi connectivity index (χ3n) is 2.15. The molecular weight excluding hydrogens is 164 g/mol. The standard InChI is InChI=1S/C10H12N2O/c1-13-7-2-3-10-8(6-7)9(11)4-5-12-10/h2-4,6,12H,5,11H2,1H3. The molecule has 0 amide bonds. The van der Waals surface area contributed by atoms with Crippen molar-refractivity contribution in [3.05, 3.63) is 29.8 Å². The quantitative estimate of drug-likeness (QED) is 0.680. The van der Waals surface area contributed by atoms with E-state index in [1.165, 1.54) is 0 Å². The summed E-state index contributed by atoms with van der Waals surface area (Å²) in [7, 11) is 1.65. The minimum absolute atomic E-state index is 0.797. The Balaban J connectivity index is 2.50. The first kappa shape index (κ1) is 7.98. The molecular formula is C10H12N2O. The van der Waals surface area contributed by atoms with E-state index in [9.17, 15) is 0 Å². The molecule has 2 rings (SSSR count). The number of benzene rings is 1. The van der Waals surface area contributed by atoms with Crippen LogP contribution < -0.4 is 15.8 Å². The third kappa shape index (κ3) is 1.33. The molecule has 68 valence electrons. The van der Waals surface area contributed by atoms with Crippen molar-refractivity contribution in [2.45, 2.75) is 0 Å². The molecule has 0 radical (unpaired) electrons. The zero-order chi connectivity index (χ0) is 9.26. The van der Waals surface area contributed by atoms with E-state index in [1.54, 1.807) is 7.11 Å². The second-order valence-corrected chi connectivity index (χ2v) is 2.95. The van der Waals surface area contributed by atoms with Gasteiger partial charge in [-0.1, -0.05) is 0 Å². The maximum atomic E-state index is 5.84. The first-order valence-electron chi connectivity index (χ1n) is 4.19. The summed E-state index contributed by atoms with van der Waals surface area (Å²) < 4.78 is 5.12. The van der Waals surface area contributed by atoms with Gasteiger partial charge < -0.3 is 15.8 Å². The minimum atomic E-state index is 0.797. The summed E-state index contributed by atoms with van der Waals surface area (Å²) in [4.78, 5) is 0. The van der Waals surface area contributed by atoms with Gasteiger partial charge in [0.05, 0.1) is 7.11 Å². The molecule has 1 aromatic rings. The second kappa shape index (κ2) is 3.01. The number of fused-ring (bicyclic) bond motifs is 1. The fourth-order valence-electron chi connectivity index (χ4n) is 1.42. The van der Waals surface area contributed by atoms with Gasteiger partial charge in [-0.3, -0.25) is 0 Å². The van der Waals surface area contributed by atoms with Gasteiger partial charge in [0.15, 0.2) is 0 Å². The van der Waals surface area contributed by atoms with Gasteiger partial charge in [-0.25, -0.2) is 0 Å². The Morgan fingerprint density at radius 3 is 3.08 bits per heavy atom. The van der Waals surface area contributed by atoms with Crippen molar-refractivity contribution < 1.29 is 4.74 Å². The molecule has 0 atom stereocenters. The number of hydrogen-bond acceptors (Lipinski definition) is 3. The highest BCUT2D eigenvalue weighted by Gasteiger charge is 2.09. The minimum Gasteiger partial charge on any atom is -0.497 e. The largest absolute Gasteiger partial charge is 0.497 e. The molecule has 0 saturated carbocycles. The number of hydrogen-bond donors (Lipinski definition) is 2. The number of methoxy groups -OCH3 is 1. The second-order valence-electron chi connectivity index (χ2n) is 2.95. The van der Waals surface area contributed by atoms with E-state index < -0.39 is 0 Å². The van der Waals surface area contributed by atoms with Crippen LogP contribution in [-0.4, -0.2) is 13.7 Å². The Labute approximate surface area is 77.2 Å². The van der Waals surface area contributed by atoms with Gasteiger partial charge in [-0.2, -0.15) is 0 Å². The van der Waals surface area contributed by atoms with E-state index in [2.05, 4.69) is 5.32 Å². The van der Waals surface area contributed by atoms with Gasteiger partial charge in [0, 0.05) is 23.5 Å². The molecule has 1 heterocycles. The molecule has 0 aliphatic carbocycles. The topological polar surface area (TPSA) is 47.3 Å². The van der Waals surface area contributed by atoms with Crippen LogP contribution in [0.25, 0.3) is 5.70 Å². The predicted molar refractivity (Wildman–Crippen MR) is 53.6 cm³/mol. The number of rotatable bonds is 1. The molecule has 1 aliphatic heterocycles. The summed E-state index contributed by atoms with van der Waals surface area (Å²) in [6, 6.07) is 5.84. The molecule has 1 aromatic carbocycles. The zero-order valence-corrected chi connectivity index (χ0v) is 7.50. The fraction of sp³-hybridized carbons (Fsp3) is 0.200. The SMILES string of the molecule is COc1ccc2c(c1)C(N)=CCN2. The van der Waals surface area contributed by atoms with E-state index in [0.717, 1.165) is 29.2 Å². The lowest BCUT2D eigenvalue weighted by Crippen LogP contribution is -2.12. The van der Waals surface area contributed by atoms with Gasteiger partial charge in [-0.05, 0) is 24.3 Å². The average molecular weight is 176 g/mol. The van der Waals surface area contributed by atoms with Crippen LogP contribution in [0, 0.1) is 0 Å². The van der Waals surface area contributed by atoms with Crippen molar-refractivity contribution in [3.63, 3.8) is 0 Å². The predicted octanol–water partition coefficient (Wildman–Crippen LogP) is 1.42. The van der Waals surface area contributed by atoms with Crippen molar-refractivity contribution >= 4 is 11.4 Å². The molecule has 3 heteroatoms. The van der Waals surface area contributed by atoms with E-state index in [0.29, 0.717) is 0 Å². The maximum absolute atomic E-state index is 5.84. The Morgan fingerprint density at radius 1 is 1.46 bits per heavy atom. The third-order valence-corrected chi connectivity index (χ3v) is 2.15. The van der Waals surface area contributed by atoms with Gasteiger partial charge in [0.2, 0.25) is 0 Å². The van der Waals surface area contributed by atoms with Crippen LogP contribution in [0.4, 0.5) is 5.69 Å². The van der Waals surface area contributed by atoms with E-state index in [4.69, 9.17) is 10.5 Å². The van der Waals surface area contributed by atoms with Crippen LogP contribution >= 0.6 is 0 Å². The first-order valence-corrected chi connectivity index (χ1v) is 4.19. The summed E-state index contributed by atoms with van der Waals surface area (Å²) in [5.41, 5.74) is 8.74. The van der Waals surface area contributed by atoms with Crippen molar-refractivity contribution in [1.29, 1.82) is 0 Å². The Kier molecular flexibility index (Phi) is 1.85. The Morgan fingerprint density at radius 2 is 2.31 bits per heavy atom. The number of nitrogens with two attached hydrogens (primary N) is 1. The van der Waals surface area contributed by atoms with Gasteiger partial charge in [0.25, 0.3) is 0 Å². The molecule has 0 fully saturated rings. The van der Waals surface area contributed by atoms with Crippen molar-refractivity contribution in [3.8, 4) is 5.75 Å². The van der Waals surface area contributed by atoms with Crippen molar-refractivity contribution in [2.75, 3.05) is 19.0 Å². The molecule has 0 bridgehead atoms. The fourth-order valence-corrected chi connectivity index (χ4v) is 1.42. The number of ether oxygens (including phenoxy) is 1. The molecule has 0 spiro atoms. The summed E-state index contributed by atoms with van der Waals surface area (Å²) >= 11 is 0. The van der Waals surface area contributed by atoms with Crippen molar-refractivity contribution in [2.24, 2.45) is 5.73 Å². The normalized spacial score (nSPS) is 14.1. The lowest BCUT2D eigenvalue weighted by atomic mass is 10.1. The lowest BCUT2D eigenvalue weighted by molar-refractivity contribution is 0.414. The molecule has 13 heavy (non-hydrogen) atoms. The van der Waals surface area contributed by atoms with E-state index in [1.807, 2.05) is 24.3 Å². The van der Waals surface area contributed by atoms with Crippen LogP contribution in [0.1, 0.15) is 5.56 Å². The van der Waals surface area contributed by atoms with Crippen LogP contribution in [-0.2, 0) is 0 Å². The number of nitrogens with one attached hydrogen (secondary N) is 1.